The molecular weight excluding hydrogens is 232 g/mol. The average molecular weight is 246 g/mol. The van der Waals surface area contributed by atoms with Gasteiger partial charge in [-0.3, -0.25) is 0 Å². The van der Waals surface area contributed by atoms with Crippen LogP contribution < -0.4 is 4.74 Å². The molecule has 0 fully saturated rings. The van der Waals surface area contributed by atoms with Crippen LogP contribution in [0.3, 0.4) is 0 Å². The van der Waals surface area contributed by atoms with E-state index >= 15 is 0 Å². The van der Waals surface area contributed by atoms with Gasteiger partial charge in [0.25, 0.3) is 0 Å². The fourth-order valence-electron chi connectivity index (χ4n) is 1.80. The molecule has 0 bridgehead atoms. The summed E-state index contributed by atoms with van der Waals surface area (Å²) in [6.45, 7) is 5.80. The molecule has 2 rings (SSSR count). The van der Waals surface area contributed by atoms with Gasteiger partial charge in [-0.15, -0.1) is 0 Å². The lowest BCUT2D eigenvalue weighted by Crippen LogP contribution is -2.04. The molecule has 4 nitrogen and oxygen atoms in total. The number of hydrogen-bond acceptors (Lipinski definition) is 4. The first-order valence-corrected chi connectivity index (χ1v) is 5.60. The van der Waals surface area contributed by atoms with Crippen molar-refractivity contribution in [2.24, 2.45) is 0 Å². The number of carbonyl (C=O) groups is 1. The van der Waals surface area contributed by atoms with E-state index in [-0.39, 0.29) is 0 Å². The van der Waals surface area contributed by atoms with Crippen LogP contribution in [-0.4, -0.2) is 19.7 Å². The molecule has 0 saturated heterocycles. The van der Waals surface area contributed by atoms with Crippen molar-refractivity contribution in [1.82, 2.24) is 0 Å². The molecule has 4 heteroatoms. The molecule has 0 unspecified atom stereocenters. The van der Waals surface area contributed by atoms with Crippen molar-refractivity contribution in [3.05, 3.63) is 36.1 Å². The van der Waals surface area contributed by atoms with Crippen LogP contribution in [0.5, 0.6) is 5.75 Å². The van der Waals surface area contributed by atoms with Crippen LogP contribution in [0.4, 0.5) is 0 Å². The lowest BCUT2D eigenvalue weighted by atomic mass is 10.1. The topological polar surface area (TPSA) is 48.7 Å². The summed E-state index contributed by atoms with van der Waals surface area (Å²) in [5.41, 5.74) is 1.82. The van der Waals surface area contributed by atoms with Gasteiger partial charge in [0.05, 0.1) is 30.9 Å². The number of ether oxygens (including phenoxy) is 2. The van der Waals surface area contributed by atoms with Crippen LogP contribution in [0.15, 0.2) is 29.4 Å². The Kier molecular flexibility index (Phi) is 3.37. The molecular formula is C14H14O4. The van der Waals surface area contributed by atoms with Crippen LogP contribution in [0, 0.1) is 0 Å². The quantitative estimate of drug-likeness (QED) is 0.777. The van der Waals surface area contributed by atoms with E-state index < -0.39 is 5.97 Å². The largest absolute Gasteiger partial charge is 0.496 e. The fraction of sp³-hybridized carbons (Fsp3) is 0.214. The lowest BCUT2D eigenvalue weighted by Gasteiger charge is -2.06. The highest BCUT2D eigenvalue weighted by Crippen LogP contribution is 2.32. The van der Waals surface area contributed by atoms with E-state index in [0.29, 0.717) is 23.5 Å². The van der Waals surface area contributed by atoms with Crippen LogP contribution in [0.2, 0.25) is 0 Å². The van der Waals surface area contributed by atoms with Gasteiger partial charge in [-0.2, -0.15) is 0 Å². The molecule has 0 aliphatic rings. The molecule has 0 atom stereocenters. The Morgan fingerprint density at radius 2 is 2.28 bits per heavy atom. The van der Waals surface area contributed by atoms with Gasteiger partial charge in [-0.1, -0.05) is 12.7 Å². The smallest absolute Gasteiger partial charge is 0.338 e. The van der Waals surface area contributed by atoms with Gasteiger partial charge in [0, 0.05) is 5.56 Å². The zero-order valence-electron chi connectivity index (χ0n) is 10.4. The van der Waals surface area contributed by atoms with E-state index in [1.807, 2.05) is 0 Å². The predicted octanol–water partition coefficient (Wildman–Crippen LogP) is 3.26. The molecule has 0 N–H and O–H groups in total. The van der Waals surface area contributed by atoms with E-state index in [4.69, 9.17) is 13.9 Å². The van der Waals surface area contributed by atoms with E-state index in [1.165, 1.54) is 0 Å². The summed E-state index contributed by atoms with van der Waals surface area (Å²) in [4.78, 5) is 11.7. The number of hydrogen-bond donors (Lipinski definition) is 0. The van der Waals surface area contributed by atoms with Crippen molar-refractivity contribution >= 4 is 23.0 Å². The van der Waals surface area contributed by atoms with Gasteiger partial charge in [0.2, 0.25) is 0 Å². The second-order valence-electron chi connectivity index (χ2n) is 3.67. The molecule has 0 radical (unpaired) electrons. The highest BCUT2D eigenvalue weighted by molar-refractivity contribution is 5.99. The second kappa shape index (κ2) is 4.96. The maximum absolute atomic E-state index is 11.7. The van der Waals surface area contributed by atoms with Crippen LogP contribution in [0.1, 0.15) is 22.8 Å². The summed E-state index contributed by atoms with van der Waals surface area (Å²) in [6, 6.07) is 3.28. The molecule has 18 heavy (non-hydrogen) atoms. The van der Waals surface area contributed by atoms with Gasteiger partial charge in [-0.05, 0) is 19.1 Å². The van der Waals surface area contributed by atoms with Crippen molar-refractivity contribution < 1.29 is 18.7 Å². The molecule has 0 saturated carbocycles. The van der Waals surface area contributed by atoms with Crippen molar-refractivity contribution in [1.29, 1.82) is 0 Å². The summed E-state index contributed by atoms with van der Waals surface area (Å²) in [6.07, 6.45) is 3.26. The molecule has 1 heterocycles. The highest BCUT2D eigenvalue weighted by Gasteiger charge is 2.15. The van der Waals surface area contributed by atoms with E-state index in [2.05, 4.69) is 6.58 Å². The Morgan fingerprint density at radius 1 is 1.50 bits per heavy atom. The Bertz CT molecular complexity index is 595. The summed E-state index contributed by atoms with van der Waals surface area (Å²) in [7, 11) is 1.55. The van der Waals surface area contributed by atoms with Crippen molar-refractivity contribution in [2.45, 2.75) is 6.92 Å². The highest BCUT2D eigenvalue weighted by atomic mass is 16.5. The molecule has 0 aliphatic carbocycles. The van der Waals surface area contributed by atoms with Gasteiger partial charge in [-0.25, -0.2) is 4.79 Å². The molecule has 0 amide bonds. The Balaban J connectivity index is 2.60. The van der Waals surface area contributed by atoms with Crippen LogP contribution in [0.25, 0.3) is 17.0 Å². The number of rotatable bonds is 4. The average Bonchev–Trinajstić information content (AvgIpc) is 2.80. The van der Waals surface area contributed by atoms with Gasteiger partial charge in [0.15, 0.2) is 0 Å². The summed E-state index contributed by atoms with van der Waals surface area (Å²) < 4.78 is 15.6. The van der Waals surface area contributed by atoms with Crippen LogP contribution in [-0.2, 0) is 4.74 Å². The van der Waals surface area contributed by atoms with Gasteiger partial charge in [0.1, 0.15) is 11.3 Å². The Labute approximate surface area is 105 Å². The third-order valence-corrected chi connectivity index (χ3v) is 2.62. The minimum atomic E-state index is -0.394. The third kappa shape index (κ3) is 1.97. The third-order valence-electron chi connectivity index (χ3n) is 2.62. The minimum Gasteiger partial charge on any atom is -0.496 e. The summed E-state index contributed by atoms with van der Waals surface area (Å²) in [5.74, 6) is 0.174. The zero-order valence-corrected chi connectivity index (χ0v) is 10.4. The number of benzene rings is 1. The van der Waals surface area contributed by atoms with Crippen molar-refractivity contribution in [3.63, 3.8) is 0 Å². The molecule has 94 valence electrons. The lowest BCUT2D eigenvalue weighted by molar-refractivity contribution is 0.0526. The first-order chi connectivity index (χ1) is 8.71. The predicted molar refractivity (Wildman–Crippen MR) is 68.8 cm³/mol. The summed E-state index contributed by atoms with van der Waals surface area (Å²) in [5, 5.41) is 0.806. The van der Waals surface area contributed by atoms with Crippen LogP contribution >= 0.6 is 0 Å². The molecule has 2 aromatic rings. The fourth-order valence-corrected chi connectivity index (χ4v) is 1.80. The standard InChI is InChI=1S/C14H14O4/c1-4-9-8-18-12-7-10(14(15)17-5-2)6-11(16-3)13(9)12/h4,6-8H,1,5H2,2-3H3. The number of fused-ring (bicyclic) bond motifs is 1. The maximum Gasteiger partial charge on any atom is 0.338 e. The molecule has 1 aromatic carbocycles. The molecule has 0 spiro atoms. The zero-order chi connectivity index (χ0) is 13.1. The van der Waals surface area contributed by atoms with E-state index in [0.717, 1.165) is 10.9 Å². The van der Waals surface area contributed by atoms with Crippen molar-refractivity contribution in [2.75, 3.05) is 13.7 Å². The first-order valence-electron chi connectivity index (χ1n) is 5.60. The van der Waals surface area contributed by atoms with Crippen molar-refractivity contribution in [3.8, 4) is 5.75 Å². The Morgan fingerprint density at radius 3 is 2.89 bits per heavy atom. The Hall–Kier alpha value is -2.23. The second-order valence-corrected chi connectivity index (χ2v) is 3.67. The number of esters is 1. The van der Waals surface area contributed by atoms with E-state index in [9.17, 15) is 4.79 Å². The monoisotopic (exact) mass is 246 g/mol. The normalized spacial score (nSPS) is 10.3. The first kappa shape index (κ1) is 12.2. The molecule has 1 aromatic heterocycles. The summed E-state index contributed by atoms with van der Waals surface area (Å²) >= 11 is 0. The van der Waals surface area contributed by atoms with Gasteiger partial charge < -0.3 is 13.9 Å². The maximum atomic E-state index is 11.7. The number of methoxy groups -OCH3 is 1. The number of carbonyl (C=O) groups excluding carboxylic acids is 1. The SMILES string of the molecule is C=Cc1coc2cc(C(=O)OCC)cc(OC)c12. The van der Waals surface area contributed by atoms with E-state index in [1.54, 1.807) is 38.5 Å². The molecule has 0 aliphatic heterocycles. The van der Waals surface area contributed by atoms with Gasteiger partial charge >= 0.3 is 5.97 Å². The minimum absolute atomic E-state index is 0.329. The number of furan rings is 1.